The van der Waals surface area contributed by atoms with Crippen LogP contribution < -0.4 is 5.06 Å². The SMILES string of the molecule is CCN(OC(=O)c1ccccc1)c1ccccc1. The number of para-hydroxylation sites is 1. The average Bonchev–Trinajstić information content (AvgIpc) is 2.46. The van der Waals surface area contributed by atoms with E-state index in [-0.39, 0.29) is 5.97 Å². The lowest BCUT2D eigenvalue weighted by Crippen LogP contribution is -2.26. The molecule has 0 fully saturated rings. The number of hydrogen-bond donors (Lipinski definition) is 0. The molecule has 2 aromatic rings. The van der Waals surface area contributed by atoms with Crippen molar-refractivity contribution in [2.45, 2.75) is 6.92 Å². The minimum absolute atomic E-state index is 0.346. The van der Waals surface area contributed by atoms with Crippen LogP contribution in [0.15, 0.2) is 60.7 Å². The van der Waals surface area contributed by atoms with E-state index in [1.165, 1.54) is 0 Å². The van der Waals surface area contributed by atoms with Crippen LogP contribution in [0.25, 0.3) is 0 Å². The molecule has 0 saturated carbocycles. The maximum atomic E-state index is 11.9. The van der Waals surface area contributed by atoms with Gasteiger partial charge in [0.05, 0.1) is 17.8 Å². The van der Waals surface area contributed by atoms with Crippen LogP contribution in [0.3, 0.4) is 0 Å². The van der Waals surface area contributed by atoms with E-state index in [2.05, 4.69) is 0 Å². The molecular formula is C15H15NO2. The average molecular weight is 241 g/mol. The van der Waals surface area contributed by atoms with Gasteiger partial charge in [0.1, 0.15) is 0 Å². The molecule has 0 N–H and O–H groups in total. The van der Waals surface area contributed by atoms with Gasteiger partial charge in [0.2, 0.25) is 0 Å². The molecule has 0 aliphatic heterocycles. The summed E-state index contributed by atoms with van der Waals surface area (Å²) in [7, 11) is 0. The molecule has 0 heterocycles. The summed E-state index contributed by atoms with van der Waals surface area (Å²) in [5, 5.41) is 1.58. The van der Waals surface area contributed by atoms with Gasteiger partial charge in [0.25, 0.3) is 0 Å². The Morgan fingerprint density at radius 3 is 2.11 bits per heavy atom. The van der Waals surface area contributed by atoms with Gasteiger partial charge in [-0.2, -0.15) is 0 Å². The molecule has 3 nitrogen and oxygen atoms in total. The fraction of sp³-hybridized carbons (Fsp3) is 0.133. The van der Waals surface area contributed by atoms with Crippen molar-refractivity contribution >= 4 is 11.7 Å². The van der Waals surface area contributed by atoms with Crippen LogP contribution >= 0.6 is 0 Å². The molecule has 0 saturated heterocycles. The molecule has 0 aliphatic rings. The number of hydroxylamine groups is 1. The van der Waals surface area contributed by atoms with Crippen molar-refractivity contribution in [1.82, 2.24) is 0 Å². The van der Waals surface area contributed by atoms with E-state index >= 15 is 0 Å². The molecule has 0 radical (unpaired) electrons. The van der Waals surface area contributed by atoms with E-state index in [1.807, 2.05) is 55.5 Å². The lowest BCUT2D eigenvalue weighted by molar-refractivity contribution is 0.0456. The minimum atomic E-state index is -0.346. The molecule has 3 heteroatoms. The zero-order chi connectivity index (χ0) is 12.8. The summed E-state index contributed by atoms with van der Waals surface area (Å²) in [6, 6.07) is 18.5. The molecule has 0 atom stereocenters. The predicted molar refractivity (Wildman–Crippen MR) is 71.3 cm³/mol. The van der Waals surface area contributed by atoms with Crippen molar-refractivity contribution in [2.75, 3.05) is 11.6 Å². The maximum Gasteiger partial charge on any atom is 0.363 e. The van der Waals surface area contributed by atoms with Gasteiger partial charge >= 0.3 is 5.97 Å². The largest absolute Gasteiger partial charge is 0.363 e. The van der Waals surface area contributed by atoms with Gasteiger partial charge in [0.15, 0.2) is 0 Å². The van der Waals surface area contributed by atoms with Crippen LogP contribution in [-0.4, -0.2) is 12.5 Å². The highest BCUT2D eigenvalue weighted by molar-refractivity contribution is 5.89. The summed E-state index contributed by atoms with van der Waals surface area (Å²) in [6.07, 6.45) is 0. The summed E-state index contributed by atoms with van der Waals surface area (Å²) < 4.78 is 0. The molecule has 0 amide bonds. The Labute approximate surface area is 107 Å². The summed E-state index contributed by atoms with van der Waals surface area (Å²) in [4.78, 5) is 17.3. The fourth-order valence-corrected chi connectivity index (χ4v) is 1.62. The quantitative estimate of drug-likeness (QED) is 0.769. The molecule has 18 heavy (non-hydrogen) atoms. The number of carbonyl (C=O) groups is 1. The van der Waals surface area contributed by atoms with Crippen molar-refractivity contribution in [3.8, 4) is 0 Å². The highest BCUT2D eigenvalue weighted by Gasteiger charge is 2.12. The molecule has 0 unspecified atom stereocenters. The highest BCUT2D eigenvalue weighted by Crippen LogP contribution is 2.14. The lowest BCUT2D eigenvalue weighted by Gasteiger charge is -2.21. The van der Waals surface area contributed by atoms with E-state index in [9.17, 15) is 4.79 Å². The third-order valence-corrected chi connectivity index (χ3v) is 2.53. The minimum Gasteiger partial charge on any atom is -0.335 e. The van der Waals surface area contributed by atoms with E-state index in [4.69, 9.17) is 4.84 Å². The first-order valence-corrected chi connectivity index (χ1v) is 5.91. The zero-order valence-electron chi connectivity index (χ0n) is 10.2. The van der Waals surface area contributed by atoms with E-state index in [0.717, 1.165) is 5.69 Å². The Hall–Kier alpha value is -2.29. The van der Waals surface area contributed by atoms with Gasteiger partial charge in [-0.05, 0) is 31.2 Å². The lowest BCUT2D eigenvalue weighted by atomic mass is 10.2. The van der Waals surface area contributed by atoms with Crippen LogP contribution in [0.5, 0.6) is 0 Å². The van der Waals surface area contributed by atoms with Gasteiger partial charge in [-0.3, -0.25) is 0 Å². The normalized spacial score (nSPS) is 9.83. The Morgan fingerprint density at radius 2 is 1.56 bits per heavy atom. The highest BCUT2D eigenvalue weighted by atomic mass is 16.7. The van der Waals surface area contributed by atoms with Crippen LogP contribution in [0.4, 0.5) is 5.69 Å². The van der Waals surface area contributed by atoms with Gasteiger partial charge in [-0.25, -0.2) is 9.86 Å². The fourth-order valence-electron chi connectivity index (χ4n) is 1.62. The maximum absolute atomic E-state index is 11.9. The second-order valence-electron chi connectivity index (χ2n) is 3.78. The topological polar surface area (TPSA) is 29.5 Å². The first-order valence-electron chi connectivity index (χ1n) is 5.91. The van der Waals surface area contributed by atoms with Crippen LogP contribution in [0.1, 0.15) is 17.3 Å². The van der Waals surface area contributed by atoms with Crippen molar-refractivity contribution in [3.05, 3.63) is 66.2 Å². The molecule has 2 aromatic carbocycles. The van der Waals surface area contributed by atoms with Crippen molar-refractivity contribution in [2.24, 2.45) is 0 Å². The first-order chi connectivity index (χ1) is 8.81. The molecule has 0 aromatic heterocycles. The number of nitrogens with zero attached hydrogens (tertiary/aromatic N) is 1. The Bertz CT molecular complexity index is 496. The standard InChI is InChI=1S/C15H15NO2/c1-2-16(14-11-7-4-8-12-14)18-15(17)13-9-5-3-6-10-13/h3-12H,2H2,1H3. The number of benzene rings is 2. The Balaban J connectivity index is 2.10. The van der Waals surface area contributed by atoms with E-state index < -0.39 is 0 Å². The molecule has 92 valence electrons. The van der Waals surface area contributed by atoms with Crippen molar-refractivity contribution in [1.29, 1.82) is 0 Å². The monoisotopic (exact) mass is 241 g/mol. The number of anilines is 1. The number of rotatable bonds is 4. The van der Waals surface area contributed by atoms with Gasteiger partial charge in [-0.15, -0.1) is 0 Å². The molecule has 2 rings (SSSR count). The van der Waals surface area contributed by atoms with Gasteiger partial charge < -0.3 is 4.84 Å². The number of hydrogen-bond acceptors (Lipinski definition) is 3. The second-order valence-corrected chi connectivity index (χ2v) is 3.78. The van der Waals surface area contributed by atoms with Crippen LogP contribution in [-0.2, 0) is 4.84 Å². The van der Waals surface area contributed by atoms with Crippen LogP contribution in [0, 0.1) is 0 Å². The molecule has 0 spiro atoms. The summed E-state index contributed by atoms with van der Waals surface area (Å²) in [5.74, 6) is -0.346. The summed E-state index contributed by atoms with van der Waals surface area (Å²) >= 11 is 0. The van der Waals surface area contributed by atoms with Crippen molar-refractivity contribution < 1.29 is 9.63 Å². The molecule has 0 bridgehead atoms. The zero-order valence-corrected chi connectivity index (χ0v) is 10.2. The van der Waals surface area contributed by atoms with Gasteiger partial charge in [0, 0.05) is 0 Å². The van der Waals surface area contributed by atoms with E-state index in [1.54, 1.807) is 17.2 Å². The van der Waals surface area contributed by atoms with Crippen molar-refractivity contribution in [3.63, 3.8) is 0 Å². The van der Waals surface area contributed by atoms with E-state index in [0.29, 0.717) is 12.1 Å². The number of carbonyl (C=O) groups excluding carboxylic acids is 1. The molecule has 0 aliphatic carbocycles. The third kappa shape index (κ3) is 2.88. The summed E-state index contributed by atoms with van der Waals surface area (Å²) in [5.41, 5.74) is 1.41. The summed E-state index contributed by atoms with van der Waals surface area (Å²) in [6.45, 7) is 2.54. The predicted octanol–water partition coefficient (Wildman–Crippen LogP) is 3.28. The second kappa shape index (κ2) is 5.87. The first kappa shape index (κ1) is 12.2. The van der Waals surface area contributed by atoms with Crippen LogP contribution in [0.2, 0.25) is 0 Å². The Morgan fingerprint density at radius 1 is 1.00 bits per heavy atom. The molecular weight excluding hydrogens is 226 g/mol. The smallest absolute Gasteiger partial charge is 0.335 e. The third-order valence-electron chi connectivity index (χ3n) is 2.53. The Kier molecular flexibility index (Phi) is 3.97. The van der Waals surface area contributed by atoms with Gasteiger partial charge in [-0.1, -0.05) is 36.4 Å².